The molecule has 1 rings (SSSR count). The fourth-order valence-corrected chi connectivity index (χ4v) is 1.23. The first-order valence-corrected chi connectivity index (χ1v) is 5.10. The van der Waals surface area contributed by atoms with Crippen LogP contribution >= 0.6 is 0 Å². The zero-order chi connectivity index (χ0) is 10.2. The van der Waals surface area contributed by atoms with Crippen LogP contribution in [-0.2, 0) is 17.8 Å². The standard InChI is InChI=1S/C10H19N3O/c1-3-5-14-6-4-13-9-10(7-11-2)8-12-13/h8-9,11H,3-7H2,1-2H3. The van der Waals surface area contributed by atoms with Gasteiger partial charge in [-0.3, -0.25) is 4.68 Å². The molecule has 0 atom stereocenters. The predicted octanol–water partition coefficient (Wildman–Crippen LogP) is 1.03. The molecule has 0 aliphatic heterocycles. The average molecular weight is 197 g/mol. The van der Waals surface area contributed by atoms with E-state index in [0.29, 0.717) is 0 Å². The first kappa shape index (κ1) is 11.2. The van der Waals surface area contributed by atoms with Crippen molar-refractivity contribution < 1.29 is 4.74 Å². The van der Waals surface area contributed by atoms with Gasteiger partial charge >= 0.3 is 0 Å². The molecule has 80 valence electrons. The normalized spacial score (nSPS) is 10.7. The average Bonchev–Trinajstić information content (AvgIpc) is 2.61. The van der Waals surface area contributed by atoms with Crippen LogP contribution in [0.3, 0.4) is 0 Å². The van der Waals surface area contributed by atoms with Gasteiger partial charge in [-0.15, -0.1) is 0 Å². The lowest BCUT2D eigenvalue weighted by atomic mass is 10.4. The van der Waals surface area contributed by atoms with Gasteiger partial charge in [-0.05, 0) is 13.5 Å². The van der Waals surface area contributed by atoms with E-state index in [9.17, 15) is 0 Å². The summed E-state index contributed by atoms with van der Waals surface area (Å²) in [7, 11) is 1.93. The summed E-state index contributed by atoms with van der Waals surface area (Å²) >= 11 is 0. The Kier molecular flexibility index (Phi) is 5.25. The van der Waals surface area contributed by atoms with Gasteiger partial charge in [0.05, 0.1) is 19.3 Å². The van der Waals surface area contributed by atoms with E-state index in [4.69, 9.17) is 4.74 Å². The maximum atomic E-state index is 5.38. The quantitative estimate of drug-likeness (QED) is 0.664. The predicted molar refractivity (Wildman–Crippen MR) is 56.1 cm³/mol. The molecule has 0 bridgehead atoms. The molecule has 0 radical (unpaired) electrons. The van der Waals surface area contributed by atoms with E-state index in [1.54, 1.807) is 0 Å². The molecule has 14 heavy (non-hydrogen) atoms. The highest BCUT2D eigenvalue weighted by atomic mass is 16.5. The fraction of sp³-hybridized carbons (Fsp3) is 0.700. The molecule has 0 spiro atoms. The van der Waals surface area contributed by atoms with E-state index in [1.165, 1.54) is 5.56 Å². The summed E-state index contributed by atoms with van der Waals surface area (Å²) in [5.74, 6) is 0. The molecule has 0 aromatic carbocycles. The maximum absolute atomic E-state index is 5.38. The highest BCUT2D eigenvalue weighted by molar-refractivity contribution is 5.02. The number of rotatable bonds is 7. The second-order valence-corrected chi connectivity index (χ2v) is 3.25. The van der Waals surface area contributed by atoms with Crippen molar-refractivity contribution in [3.8, 4) is 0 Å². The summed E-state index contributed by atoms with van der Waals surface area (Å²) < 4.78 is 7.30. The highest BCUT2D eigenvalue weighted by Gasteiger charge is 1.96. The van der Waals surface area contributed by atoms with Crippen molar-refractivity contribution in [1.82, 2.24) is 15.1 Å². The molecular formula is C10H19N3O. The summed E-state index contributed by atoms with van der Waals surface area (Å²) in [6, 6.07) is 0. The van der Waals surface area contributed by atoms with Crippen molar-refractivity contribution >= 4 is 0 Å². The van der Waals surface area contributed by atoms with Gasteiger partial charge in [-0.1, -0.05) is 6.92 Å². The monoisotopic (exact) mass is 197 g/mol. The Balaban J connectivity index is 2.22. The first-order chi connectivity index (χ1) is 6.86. The Hall–Kier alpha value is -0.870. The molecule has 0 aliphatic carbocycles. The number of hydrogen-bond donors (Lipinski definition) is 1. The van der Waals surface area contributed by atoms with E-state index in [-0.39, 0.29) is 0 Å². The van der Waals surface area contributed by atoms with Crippen LogP contribution in [0.4, 0.5) is 0 Å². The van der Waals surface area contributed by atoms with Gasteiger partial charge in [-0.25, -0.2) is 0 Å². The second kappa shape index (κ2) is 6.56. The van der Waals surface area contributed by atoms with Crippen molar-refractivity contribution in [2.45, 2.75) is 26.4 Å². The molecule has 0 aliphatic rings. The SMILES string of the molecule is CCCOCCn1cc(CNC)cn1. The molecule has 0 saturated carbocycles. The van der Waals surface area contributed by atoms with Crippen molar-refractivity contribution in [2.24, 2.45) is 0 Å². The minimum Gasteiger partial charge on any atom is -0.380 e. The largest absolute Gasteiger partial charge is 0.380 e. The molecule has 1 N–H and O–H groups in total. The summed E-state index contributed by atoms with van der Waals surface area (Å²) in [4.78, 5) is 0. The van der Waals surface area contributed by atoms with Crippen LogP contribution in [0, 0.1) is 0 Å². The Morgan fingerprint density at radius 1 is 1.50 bits per heavy atom. The lowest BCUT2D eigenvalue weighted by Gasteiger charge is -2.02. The van der Waals surface area contributed by atoms with Gasteiger partial charge in [0.15, 0.2) is 0 Å². The van der Waals surface area contributed by atoms with E-state index in [1.807, 2.05) is 24.1 Å². The fourth-order valence-electron chi connectivity index (χ4n) is 1.23. The van der Waals surface area contributed by atoms with Crippen LogP contribution in [0.25, 0.3) is 0 Å². The van der Waals surface area contributed by atoms with Gasteiger partial charge in [0.25, 0.3) is 0 Å². The topological polar surface area (TPSA) is 39.1 Å². The highest BCUT2D eigenvalue weighted by Crippen LogP contribution is 1.96. The minimum atomic E-state index is 0.745. The third-order valence-corrected chi connectivity index (χ3v) is 1.88. The summed E-state index contributed by atoms with van der Waals surface area (Å²) in [5, 5.41) is 7.32. The molecule has 4 nitrogen and oxygen atoms in total. The molecule has 1 aromatic heterocycles. The van der Waals surface area contributed by atoms with Gasteiger partial charge in [0.1, 0.15) is 0 Å². The van der Waals surface area contributed by atoms with E-state index in [0.717, 1.165) is 32.7 Å². The van der Waals surface area contributed by atoms with Gasteiger partial charge in [-0.2, -0.15) is 5.10 Å². The zero-order valence-corrected chi connectivity index (χ0v) is 8.99. The maximum Gasteiger partial charge on any atom is 0.0662 e. The number of hydrogen-bond acceptors (Lipinski definition) is 3. The molecule has 1 aromatic rings. The van der Waals surface area contributed by atoms with Crippen molar-refractivity contribution in [3.63, 3.8) is 0 Å². The Morgan fingerprint density at radius 3 is 3.07 bits per heavy atom. The van der Waals surface area contributed by atoms with Crippen LogP contribution in [0.1, 0.15) is 18.9 Å². The van der Waals surface area contributed by atoms with Crippen LogP contribution in [0.2, 0.25) is 0 Å². The second-order valence-electron chi connectivity index (χ2n) is 3.25. The van der Waals surface area contributed by atoms with Crippen LogP contribution in [0.5, 0.6) is 0 Å². The summed E-state index contributed by atoms with van der Waals surface area (Å²) in [6.45, 7) is 5.40. The van der Waals surface area contributed by atoms with Gasteiger partial charge < -0.3 is 10.1 Å². The molecule has 4 heteroatoms. The van der Waals surface area contributed by atoms with Crippen LogP contribution in [-0.4, -0.2) is 30.0 Å². The van der Waals surface area contributed by atoms with Crippen molar-refractivity contribution in [2.75, 3.05) is 20.3 Å². The third-order valence-electron chi connectivity index (χ3n) is 1.88. The van der Waals surface area contributed by atoms with Crippen molar-refractivity contribution in [3.05, 3.63) is 18.0 Å². The van der Waals surface area contributed by atoms with Gasteiger partial charge in [0.2, 0.25) is 0 Å². The Bertz CT molecular complexity index is 247. The van der Waals surface area contributed by atoms with Crippen molar-refractivity contribution in [1.29, 1.82) is 0 Å². The molecule has 1 heterocycles. The Morgan fingerprint density at radius 2 is 2.36 bits per heavy atom. The lowest BCUT2D eigenvalue weighted by molar-refractivity contribution is 0.124. The molecule has 0 saturated heterocycles. The van der Waals surface area contributed by atoms with E-state index < -0.39 is 0 Å². The molecule has 0 amide bonds. The molecule has 0 fully saturated rings. The molecule has 0 unspecified atom stereocenters. The third kappa shape index (κ3) is 3.89. The van der Waals surface area contributed by atoms with E-state index in [2.05, 4.69) is 17.3 Å². The molecular weight excluding hydrogens is 178 g/mol. The Labute approximate surface area is 85.3 Å². The number of ether oxygens (including phenoxy) is 1. The minimum absolute atomic E-state index is 0.745. The first-order valence-electron chi connectivity index (χ1n) is 5.10. The van der Waals surface area contributed by atoms with Crippen LogP contribution in [0.15, 0.2) is 12.4 Å². The number of aromatic nitrogens is 2. The van der Waals surface area contributed by atoms with Gasteiger partial charge in [0, 0.05) is 24.9 Å². The van der Waals surface area contributed by atoms with Crippen LogP contribution < -0.4 is 5.32 Å². The zero-order valence-electron chi connectivity index (χ0n) is 8.99. The number of nitrogens with one attached hydrogen (secondary N) is 1. The smallest absolute Gasteiger partial charge is 0.0662 e. The van der Waals surface area contributed by atoms with E-state index >= 15 is 0 Å². The summed E-state index contributed by atoms with van der Waals surface area (Å²) in [6.07, 6.45) is 5.01. The lowest BCUT2D eigenvalue weighted by Crippen LogP contribution is -2.07. The number of nitrogens with zero attached hydrogens (tertiary/aromatic N) is 2. The summed E-state index contributed by atoms with van der Waals surface area (Å²) in [5.41, 5.74) is 1.21.